The summed E-state index contributed by atoms with van der Waals surface area (Å²) < 4.78 is 31.5. The molecule has 1 unspecified atom stereocenters. The summed E-state index contributed by atoms with van der Waals surface area (Å²) in [5.41, 5.74) is 0.453. The SMILES string of the molecule is COCC1CN(c2ccc(F)cc2F)CCN1. The third-order valence-corrected chi connectivity index (χ3v) is 2.87. The van der Waals surface area contributed by atoms with Gasteiger partial charge in [0.2, 0.25) is 0 Å². The maximum absolute atomic E-state index is 13.6. The number of piperazine rings is 1. The second-order valence-corrected chi connectivity index (χ2v) is 4.15. The minimum Gasteiger partial charge on any atom is -0.383 e. The van der Waals surface area contributed by atoms with Crippen LogP contribution in [0, 0.1) is 11.6 Å². The van der Waals surface area contributed by atoms with Crippen molar-refractivity contribution in [1.29, 1.82) is 0 Å². The Labute approximate surface area is 99.4 Å². The summed E-state index contributed by atoms with van der Waals surface area (Å²) in [7, 11) is 1.64. The number of methoxy groups -OCH3 is 1. The second kappa shape index (κ2) is 5.42. The molecule has 0 radical (unpaired) electrons. The van der Waals surface area contributed by atoms with Crippen LogP contribution in [-0.4, -0.2) is 39.4 Å². The van der Waals surface area contributed by atoms with Gasteiger partial charge in [-0.2, -0.15) is 0 Å². The van der Waals surface area contributed by atoms with E-state index in [0.29, 0.717) is 25.4 Å². The molecule has 5 heteroatoms. The molecular formula is C12H16F2N2O. The van der Waals surface area contributed by atoms with Gasteiger partial charge < -0.3 is 15.0 Å². The Bertz CT molecular complexity index is 385. The summed E-state index contributed by atoms with van der Waals surface area (Å²) in [6.45, 7) is 2.73. The van der Waals surface area contributed by atoms with Crippen molar-refractivity contribution in [3.63, 3.8) is 0 Å². The third-order valence-electron chi connectivity index (χ3n) is 2.87. The first-order chi connectivity index (χ1) is 8.20. The highest BCUT2D eigenvalue weighted by Gasteiger charge is 2.21. The number of hydrogen-bond acceptors (Lipinski definition) is 3. The average molecular weight is 242 g/mol. The van der Waals surface area contributed by atoms with Crippen LogP contribution < -0.4 is 10.2 Å². The number of ether oxygens (including phenoxy) is 1. The summed E-state index contributed by atoms with van der Waals surface area (Å²) in [6.07, 6.45) is 0. The Morgan fingerprint density at radius 1 is 1.47 bits per heavy atom. The first-order valence-electron chi connectivity index (χ1n) is 5.63. The number of nitrogens with one attached hydrogen (secondary N) is 1. The Morgan fingerprint density at radius 3 is 3.00 bits per heavy atom. The van der Waals surface area contributed by atoms with Gasteiger partial charge in [0.05, 0.1) is 12.3 Å². The fraction of sp³-hybridized carbons (Fsp3) is 0.500. The predicted molar refractivity (Wildman–Crippen MR) is 62.2 cm³/mol. The Kier molecular flexibility index (Phi) is 3.91. The van der Waals surface area contributed by atoms with Crippen LogP contribution in [0.2, 0.25) is 0 Å². The van der Waals surface area contributed by atoms with E-state index in [4.69, 9.17) is 4.74 Å². The molecule has 1 atom stereocenters. The van der Waals surface area contributed by atoms with Crippen molar-refractivity contribution in [2.24, 2.45) is 0 Å². The van der Waals surface area contributed by atoms with Crippen molar-refractivity contribution in [1.82, 2.24) is 5.32 Å². The fourth-order valence-electron chi connectivity index (χ4n) is 2.09. The number of nitrogens with zero attached hydrogens (tertiary/aromatic N) is 1. The van der Waals surface area contributed by atoms with Gasteiger partial charge in [-0.1, -0.05) is 0 Å². The van der Waals surface area contributed by atoms with Crippen molar-refractivity contribution in [3.8, 4) is 0 Å². The molecule has 94 valence electrons. The van der Waals surface area contributed by atoms with Crippen LogP contribution in [0.25, 0.3) is 0 Å². The van der Waals surface area contributed by atoms with Gasteiger partial charge in [0.15, 0.2) is 0 Å². The van der Waals surface area contributed by atoms with E-state index in [1.807, 2.05) is 4.90 Å². The molecule has 1 aromatic carbocycles. The van der Waals surface area contributed by atoms with E-state index in [2.05, 4.69) is 5.32 Å². The largest absolute Gasteiger partial charge is 0.383 e. The topological polar surface area (TPSA) is 24.5 Å². The molecule has 0 spiro atoms. The molecule has 1 N–H and O–H groups in total. The number of halogens is 2. The van der Waals surface area contributed by atoms with Crippen LogP contribution in [0.3, 0.4) is 0 Å². The van der Waals surface area contributed by atoms with Crippen molar-refractivity contribution in [3.05, 3.63) is 29.8 Å². The van der Waals surface area contributed by atoms with Crippen molar-refractivity contribution >= 4 is 5.69 Å². The minimum absolute atomic E-state index is 0.179. The lowest BCUT2D eigenvalue weighted by Crippen LogP contribution is -2.52. The quantitative estimate of drug-likeness (QED) is 0.867. The highest BCUT2D eigenvalue weighted by Crippen LogP contribution is 2.21. The Hall–Kier alpha value is -1.20. The number of benzene rings is 1. The van der Waals surface area contributed by atoms with Crippen molar-refractivity contribution < 1.29 is 13.5 Å². The smallest absolute Gasteiger partial charge is 0.149 e. The lowest BCUT2D eigenvalue weighted by atomic mass is 10.2. The van der Waals surface area contributed by atoms with E-state index in [1.165, 1.54) is 12.1 Å². The van der Waals surface area contributed by atoms with Crippen LogP contribution in [-0.2, 0) is 4.74 Å². The normalized spacial score (nSPS) is 20.6. The zero-order valence-electron chi connectivity index (χ0n) is 9.75. The van der Waals surface area contributed by atoms with Gasteiger partial charge in [-0.05, 0) is 12.1 Å². The molecule has 1 saturated heterocycles. The van der Waals surface area contributed by atoms with Gasteiger partial charge >= 0.3 is 0 Å². The van der Waals surface area contributed by atoms with E-state index >= 15 is 0 Å². The van der Waals surface area contributed by atoms with E-state index in [1.54, 1.807) is 7.11 Å². The molecule has 1 aliphatic rings. The molecule has 0 amide bonds. The highest BCUT2D eigenvalue weighted by atomic mass is 19.1. The van der Waals surface area contributed by atoms with E-state index in [9.17, 15) is 8.78 Å². The summed E-state index contributed by atoms with van der Waals surface area (Å²) in [5, 5.41) is 3.29. The minimum atomic E-state index is -0.546. The molecule has 17 heavy (non-hydrogen) atoms. The molecule has 2 rings (SSSR count). The van der Waals surface area contributed by atoms with Gasteiger partial charge in [-0.25, -0.2) is 8.78 Å². The van der Waals surface area contributed by atoms with Crippen LogP contribution in [0.15, 0.2) is 18.2 Å². The first kappa shape index (κ1) is 12.3. The maximum atomic E-state index is 13.6. The molecule has 0 saturated carbocycles. The zero-order valence-corrected chi connectivity index (χ0v) is 9.75. The van der Waals surface area contributed by atoms with Crippen molar-refractivity contribution in [2.75, 3.05) is 38.3 Å². The molecule has 1 aromatic rings. The molecular weight excluding hydrogens is 226 g/mol. The Morgan fingerprint density at radius 2 is 2.29 bits per heavy atom. The Balaban J connectivity index is 2.10. The molecule has 1 aliphatic heterocycles. The number of hydrogen-bond donors (Lipinski definition) is 1. The molecule has 1 fully saturated rings. The van der Waals surface area contributed by atoms with Crippen molar-refractivity contribution in [2.45, 2.75) is 6.04 Å². The van der Waals surface area contributed by atoms with E-state index in [0.717, 1.165) is 12.6 Å². The molecule has 0 aromatic heterocycles. The first-order valence-corrected chi connectivity index (χ1v) is 5.63. The van der Waals surface area contributed by atoms with Crippen LogP contribution in [0.5, 0.6) is 0 Å². The molecule has 1 heterocycles. The van der Waals surface area contributed by atoms with Gasteiger partial charge in [0, 0.05) is 38.9 Å². The summed E-state index contributed by atoms with van der Waals surface area (Å²) in [6, 6.07) is 3.87. The highest BCUT2D eigenvalue weighted by molar-refractivity contribution is 5.48. The van der Waals surface area contributed by atoms with Crippen LogP contribution in [0.4, 0.5) is 14.5 Å². The fourth-order valence-corrected chi connectivity index (χ4v) is 2.09. The van der Waals surface area contributed by atoms with Gasteiger partial charge in [-0.15, -0.1) is 0 Å². The van der Waals surface area contributed by atoms with Gasteiger partial charge in [-0.3, -0.25) is 0 Å². The second-order valence-electron chi connectivity index (χ2n) is 4.15. The predicted octanol–water partition coefficient (Wildman–Crippen LogP) is 1.39. The van der Waals surface area contributed by atoms with Gasteiger partial charge in [0.25, 0.3) is 0 Å². The van der Waals surface area contributed by atoms with Gasteiger partial charge in [0.1, 0.15) is 11.6 Å². The maximum Gasteiger partial charge on any atom is 0.149 e. The summed E-state index contributed by atoms with van der Waals surface area (Å²) >= 11 is 0. The van der Waals surface area contributed by atoms with Crippen LogP contribution in [0.1, 0.15) is 0 Å². The standard InChI is InChI=1S/C12H16F2N2O/c1-17-8-10-7-16(5-4-15-10)12-3-2-9(13)6-11(12)14/h2-3,6,10,15H,4-5,7-8H2,1H3. The zero-order chi connectivity index (χ0) is 12.3. The molecule has 0 bridgehead atoms. The lowest BCUT2D eigenvalue weighted by molar-refractivity contribution is 0.163. The lowest BCUT2D eigenvalue weighted by Gasteiger charge is -2.35. The monoisotopic (exact) mass is 242 g/mol. The number of rotatable bonds is 3. The average Bonchev–Trinajstić information content (AvgIpc) is 2.29. The van der Waals surface area contributed by atoms with E-state index < -0.39 is 11.6 Å². The molecule has 0 aliphatic carbocycles. The summed E-state index contributed by atoms with van der Waals surface area (Å²) in [4.78, 5) is 1.91. The third kappa shape index (κ3) is 2.92. The van der Waals surface area contributed by atoms with E-state index in [-0.39, 0.29) is 6.04 Å². The van der Waals surface area contributed by atoms with Crippen LogP contribution >= 0.6 is 0 Å². The molecule has 3 nitrogen and oxygen atoms in total. The summed E-state index contributed by atoms with van der Waals surface area (Å²) in [5.74, 6) is -1.06. The number of anilines is 1.